The third kappa shape index (κ3) is 6.07. The number of rotatable bonds is 9. The molecular weight excluding hydrogens is 460 g/mol. The fraction of sp³-hybridized carbons (Fsp3) is 0.296. The molecule has 2 aromatic heterocycles. The number of carbonyl (C=O) groups excluding carboxylic acids is 1. The van der Waals surface area contributed by atoms with E-state index in [1.165, 1.54) is 6.07 Å². The standard InChI is InChI=1S/C27H28N4O3S/c1-17(2)34-25-9-8-21(14-22(25)15-28)26(33)29-23(12-18(3)32)13-19-4-6-20(7-5-19)24-16-31-10-11-35-27(31)30-24/h4-11,14,16-18,23,32H,12-13H2,1-3H3,(H,29,33). The van der Waals surface area contributed by atoms with Gasteiger partial charge >= 0.3 is 0 Å². The van der Waals surface area contributed by atoms with E-state index in [1.54, 1.807) is 30.4 Å². The maximum Gasteiger partial charge on any atom is 0.251 e. The van der Waals surface area contributed by atoms with Crippen LogP contribution in [0.3, 0.4) is 0 Å². The number of benzene rings is 2. The lowest BCUT2D eigenvalue weighted by Gasteiger charge is -2.21. The van der Waals surface area contributed by atoms with Crippen LogP contribution in [0.2, 0.25) is 0 Å². The molecule has 0 fully saturated rings. The van der Waals surface area contributed by atoms with Crippen LogP contribution in [0, 0.1) is 11.3 Å². The number of fused-ring (bicyclic) bond motifs is 1. The maximum absolute atomic E-state index is 13.0. The van der Waals surface area contributed by atoms with Crippen LogP contribution >= 0.6 is 11.3 Å². The van der Waals surface area contributed by atoms with Crippen molar-refractivity contribution in [3.63, 3.8) is 0 Å². The molecule has 2 aromatic carbocycles. The van der Waals surface area contributed by atoms with Crippen LogP contribution in [0.4, 0.5) is 0 Å². The summed E-state index contributed by atoms with van der Waals surface area (Å²) < 4.78 is 7.65. The molecule has 0 saturated heterocycles. The topological polar surface area (TPSA) is 99.7 Å². The Hall–Kier alpha value is -3.67. The molecule has 0 saturated carbocycles. The van der Waals surface area contributed by atoms with Crippen LogP contribution in [0.5, 0.6) is 5.75 Å². The minimum absolute atomic E-state index is 0.0751. The van der Waals surface area contributed by atoms with Gasteiger partial charge in [-0.3, -0.25) is 9.20 Å². The van der Waals surface area contributed by atoms with Gasteiger partial charge in [-0.25, -0.2) is 4.98 Å². The number of hydrogen-bond acceptors (Lipinski definition) is 6. The molecule has 2 heterocycles. The molecule has 0 aliphatic rings. The quantitative estimate of drug-likeness (QED) is 0.351. The summed E-state index contributed by atoms with van der Waals surface area (Å²) in [5, 5.41) is 24.5. The van der Waals surface area contributed by atoms with Crippen LogP contribution in [-0.2, 0) is 6.42 Å². The molecule has 1 amide bonds. The highest BCUT2D eigenvalue weighted by Gasteiger charge is 2.18. The number of nitrogens with one attached hydrogen (secondary N) is 1. The first-order chi connectivity index (χ1) is 16.8. The number of nitrogens with zero attached hydrogens (tertiary/aromatic N) is 3. The fourth-order valence-electron chi connectivity index (χ4n) is 3.95. The number of amides is 1. The summed E-state index contributed by atoms with van der Waals surface area (Å²) in [6.45, 7) is 5.47. The molecule has 2 unspecified atom stereocenters. The first kappa shape index (κ1) is 24.5. The average Bonchev–Trinajstić information content (AvgIpc) is 3.41. The molecule has 0 bridgehead atoms. The van der Waals surface area contributed by atoms with Gasteiger partial charge in [0.15, 0.2) is 4.96 Å². The average molecular weight is 489 g/mol. The lowest BCUT2D eigenvalue weighted by molar-refractivity contribution is 0.0917. The number of aliphatic hydroxyl groups excluding tert-OH is 1. The highest BCUT2D eigenvalue weighted by atomic mass is 32.1. The lowest BCUT2D eigenvalue weighted by atomic mass is 9.99. The van der Waals surface area contributed by atoms with Crippen molar-refractivity contribution in [2.24, 2.45) is 0 Å². The number of aromatic nitrogens is 2. The summed E-state index contributed by atoms with van der Waals surface area (Å²) in [5.41, 5.74) is 3.67. The summed E-state index contributed by atoms with van der Waals surface area (Å²) in [4.78, 5) is 18.6. The molecule has 4 aromatic rings. The number of ether oxygens (including phenoxy) is 1. The van der Waals surface area contributed by atoms with Gasteiger partial charge in [0.25, 0.3) is 5.91 Å². The number of thiazole rings is 1. The van der Waals surface area contributed by atoms with Gasteiger partial charge in [0, 0.05) is 34.9 Å². The smallest absolute Gasteiger partial charge is 0.251 e. The van der Waals surface area contributed by atoms with Crippen molar-refractivity contribution in [2.75, 3.05) is 0 Å². The van der Waals surface area contributed by atoms with Gasteiger partial charge in [0.1, 0.15) is 11.8 Å². The van der Waals surface area contributed by atoms with Crippen molar-refractivity contribution < 1.29 is 14.6 Å². The number of hydrogen-bond donors (Lipinski definition) is 2. The molecule has 0 aliphatic carbocycles. The third-order valence-corrected chi connectivity index (χ3v) is 6.28. The van der Waals surface area contributed by atoms with E-state index >= 15 is 0 Å². The molecule has 180 valence electrons. The number of imidazole rings is 1. The molecule has 4 rings (SSSR count). The van der Waals surface area contributed by atoms with Gasteiger partial charge in [-0.1, -0.05) is 24.3 Å². The van der Waals surface area contributed by atoms with E-state index in [0.29, 0.717) is 29.7 Å². The summed E-state index contributed by atoms with van der Waals surface area (Å²) in [7, 11) is 0. The zero-order valence-electron chi connectivity index (χ0n) is 19.9. The Bertz CT molecular complexity index is 1320. The van der Waals surface area contributed by atoms with Crippen LogP contribution in [0.25, 0.3) is 16.2 Å². The fourth-order valence-corrected chi connectivity index (χ4v) is 4.65. The van der Waals surface area contributed by atoms with Crippen molar-refractivity contribution in [1.29, 1.82) is 5.26 Å². The molecule has 8 heteroatoms. The summed E-state index contributed by atoms with van der Waals surface area (Å²) >= 11 is 1.59. The van der Waals surface area contributed by atoms with E-state index in [9.17, 15) is 15.2 Å². The van der Waals surface area contributed by atoms with Crippen molar-refractivity contribution in [3.8, 4) is 23.1 Å². The monoisotopic (exact) mass is 488 g/mol. The predicted octanol–water partition coefficient (Wildman–Crippen LogP) is 4.83. The second kappa shape index (κ2) is 10.7. The van der Waals surface area contributed by atoms with Crippen molar-refractivity contribution >= 4 is 22.2 Å². The van der Waals surface area contributed by atoms with Gasteiger partial charge in [-0.05, 0) is 57.4 Å². The molecular formula is C27H28N4O3S. The van der Waals surface area contributed by atoms with E-state index in [0.717, 1.165) is 21.8 Å². The Kier molecular flexibility index (Phi) is 7.49. The first-order valence-electron chi connectivity index (χ1n) is 11.5. The van der Waals surface area contributed by atoms with Crippen LogP contribution in [0.15, 0.2) is 60.2 Å². The van der Waals surface area contributed by atoms with Crippen LogP contribution in [0.1, 0.15) is 48.7 Å². The molecule has 2 atom stereocenters. The molecule has 0 aliphatic heterocycles. The lowest BCUT2D eigenvalue weighted by Crippen LogP contribution is -2.38. The highest BCUT2D eigenvalue weighted by Crippen LogP contribution is 2.23. The summed E-state index contributed by atoms with van der Waals surface area (Å²) in [5.74, 6) is 0.162. The zero-order chi connectivity index (χ0) is 24.9. The molecule has 0 radical (unpaired) electrons. The molecule has 7 nitrogen and oxygen atoms in total. The van der Waals surface area contributed by atoms with E-state index in [2.05, 4.69) is 16.4 Å². The number of aliphatic hydroxyl groups is 1. The summed E-state index contributed by atoms with van der Waals surface area (Å²) in [6.07, 6.45) is 4.31. The van der Waals surface area contributed by atoms with Crippen molar-refractivity contribution in [2.45, 2.75) is 51.9 Å². The Balaban J connectivity index is 1.47. The van der Waals surface area contributed by atoms with E-state index in [-0.39, 0.29) is 18.1 Å². The van der Waals surface area contributed by atoms with Gasteiger partial charge in [0.05, 0.1) is 23.5 Å². The normalized spacial score (nSPS) is 12.9. The molecule has 0 spiro atoms. The Labute approximate surface area is 208 Å². The second-order valence-corrected chi connectivity index (χ2v) is 9.74. The number of carbonyl (C=O) groups is 1. The van der Waals surface area contributed by atoms with Gasteiger partial charge < -0.3 is 15.2 Å². The first-order valence-corrected chi connectivity index (χ1v) is 12.4. The Morgan fingerprint density at radius 2 is 2.00 bits per heavy atom. The predicted molar refractivity (Wildman–Crippen MR) is 137 cm³/mol. The highest BCUT2D eigenvalue weighted by molar-refractivity contribution is 7.15. The third-order valence-electron chi connectivity index (χ3n) is 5.51. The minimum Gasteiger partial charge on any atom is -0.490 e. The largest absolute Gasteiger partial charge is 0.490 e. The minimum atomic E-state index is -0.574. The molecule has 35 heavy (non-hydrogen) atoms. The van der Waals surface area contributed by atoms with E-state index in [1.807, 2.05) is 60.3 Å². The maximum atomic E-state index is 13.0. The van der Waals surface area contributed by atoms with Crippen molar-refractivity contribution in [3.05, 3.63) is 76.9 Å². The van der Waals surface area contributed by atoms with Crippen molar-refractivity contribution in [1.82, 2.24) is 14.7 Å². The SMILES string of the molecule is CC(O)CC(Cc1ccc(-c2cn3ccsc3n2)cc1)NC(=O)c1ccc(OC(C)C)c(C#N)c1. The van der Waals surface area contributed by atoms with Crippen LogP contribution in [-0.4, -0.2) is 38.6 Å². The van der Waals surface area contributed by atoms with Gasteiger partial charge in [-0.2, -0.15) is 5.26 Å². The second-order valence-electron chi connectivity index (χ2n) is 8.86. The van der Waals surface area contributed by atoms with Gasteiger partial charge in [-0.15, -0.1) is 11.3 Å². The van der Waals surface area contributed by atoms with Crippen LogP contribution < -0.4 is 10.1 Å². The summed E-state index contributed by atoms with van der Waals surface area (Å²) in [6, 6.07) is 14.8. The Morgan fingerprint density at radius 1 is 1.23 bits per heavy atom. The molecule has 2 N–H and O–H groups in total. The van der Waals surface area contributed by atoms with E-state index in [4.69, 9.17) is 4.74 Å². The Morgan fingerprint density at radius 3 is 2.66 bits per heavy atom. The van der Waals surface area contributed by atoms with E-state index < -0.39 is 6.10 Å². The van der Waals surface area contributed by atoms with Gasteiger partial charge in [0.2, 0.25) is 0 Å². The number of nitriles is 1. The zero-order valence-corrected chi connectivity index (χ0v) is 20.7.